The number of nitriles is 1. The van der Waals surface area contributed by atoms with Gasteiger partial charge in [-0.2, -0.15) is 10.4 Å². The molecule has 5 aromatic rings. The van der Waals surface area contributed by atoms with E-state index in [1.54, 1.807) is 7.11 Å². The van der Waals surface area contributed by atoms with Crippen LogP contribution in [0.4, 0.5) is 0 Å². The molecule has 2 heterocycles. The zero-order valence-electron chi connectivity index (χ0n) is 17.4. The summed E-state index contributed by atoms with van der Waals surface area (Å²) in [6.07, 6.45) is 3.75. The predicted octanol–water partition coefficient (Wildman–Crippen LogP) is 5.49. The summed E-state index contributed by atoms with van der Waals surface area (Å²) in [5, 5.41) is 14.7. The average molecular weight is 417 g/mol. The Morgan fingerprint density at radius 1 is 1.00 bits per heavy atom. The number of benzene rings is 3. The molecule has 0 atom stereocenters. The fraction of sp³-hybridized carbons (Fsp3) is 0.0385. The molecule has 0 aliphatic rings. The van der Waals surface area contributed by atoms with Crippen LogP contribution in [0.1, 0.15) is 11.4 Å². The summed E-state index contributed by atoms with van der Waals surface area (Å²) in [4.78, 5) is 7.81. The molecule has 0 amide bonds. The first-order valence-electron chi connectivity index (χ1n) is 10.1. The second kappa shape index (κ2) is 8.25. The Morgan fingerprint density at radius 3 is 2.47 bits per heavy atom. The van der Waals surface area contributed by atoms with Crippen LogP contribution in [-0.2, 0) is 0 Å². The number of rotatable bonds is 5. The summed E-state index contributed by atoms with van der Waals surface area (Å²) in [7, 11) is 1.64. The van der Waals surface area contributed by atoms with E-state index >= 15 is 0 Å². The molecule has 154 valence electrons. The zero-order chi connectivity index (χ0) is 21.9. The van der Waals surface area contributed by atoms with Gasteiger partial charge in [0, 0.05) is 17.3 Å². The molecule has 0 fully saturated rings. The summed E-state index contributed by atoms with van der Waals surface area (Å²) < 4.78 is 7.10. The largest absolute Gasteiger partial charge is 0.497 e. The van der Waals surface area contributed by atoms with Crippen molar-refractivity contribution in [3.63, 3.8) is 0 Å². The van der Waals surface area contributed by atoms with Crippen LogP contribution in [0.15, 0.2) is 85.1 Å². The van der Waals surface area contributed by atoms with Gasteiger partial charge in [-0.15, -0.1) is 0 Å². The monoisotopic (exact) mass is 417 g/mol. The highest BCUT2D eigenvalue weighted by Crippen LogP contribution is 2.29. The topological polar surface area (TPSA) is 79.5 Å². The standard InChI is InChI=1S/C26H19N5O/c1-32-22-13-11-18(12-14-22)25-20(17-31(30-25)21-7-3-2-4-8-21)15-19(16-27)26-28-23-9-5-6-10-24(23)29-26/h2-15,17H,1H3,(H,28,29). The van der Waals surface area contributed by atoms with Gasteiger partial charge in [0.25, 0.3) is 0 Å². The van der Waals surface area contributed by atoms with Crippen LogP contribution >= 0.6 is 0 Å². The minimum atomic E-state index is 0.434. The Morgan fingerprint density at radius 2 is 1.75 bits per heavy atom. The lowest BCUT2D eigenvalue weighted by atomic mass is 10.1. The minimum absolute atomic E-state index is 0.434. The van der Waals surface area contributed by atoms with E-state index in [-0.39, 0.29) is 0 Å². The number of aromatic amines is 1. The summed E-state index contributed by atoms with van der Waals surface area (Å²) >= 11 is 0. The van der Waals surface area contributed by atoms with Gasteiger partial charge in [-0.25, -0.2) is 9.67 Å². The van der Waals surface area contributed by atoms with Crippen LogP contribution in [0.25, 0.3) is 39.6 Å². The average Bonchev–Trinajstić information content (AvgIpc) is 3.47. The molecule has 0 saturated carbocycles. The van der Waals surface area contributed by atoms with Crippen LogP contribution in [0, 0.1) is 11.3 Å². The summed E-state index contributed by atoms with van der Waals surface area (Å²) in [6.45, 7) is 0. The molecular formula is C26H19N5O. The van der Waals surface area contributed by atoms with E-state index < -0.39 is 0 Å². The Bertz CT molecular complexity index is 1420. The fourth-order valence-electron chi connectivity index (χ4n) is 3.57. The molecule has 0 spiro atoms. The Labute approximate surface area is 185 Å². The number of aromatic nitrogens is 4. The second-order valence-electron chi connectivity index (χ2n) is 7.21. The molecule has 5 rings (SSSR count). The van der Waals surface area contributed by atoms with Crippen molar-refractivity contribution in [3.8, 4) is 28.8 Å². The number of nitrogens with zero attached hydrogens (tertiary/aromatic N) is 4. The molecule has 0 bridgehead atoms. The first-order valence-corrected chi connectivity index (χ1v) is 10.1. The van der Waals surface area contributed by atoms with E-state index in [2.05, 4.69) is 16.0 Å². The van der Waals surface area contributed by atoms with Crippen molar-refractivity contribution in [1.29, 1.82) is 5.26 Å². The highest BCUT2D eigenvalue weighted by molar-refractivity contribution is 5.92. The van der Waals surface area contributed by atoms with Gasteiger partial charge in [0.15, 0.2) is 0 Å². The van der Waals surface area contributed by atoms with E-state index in [9.17, 15) is 5.26 Å². The molecule has 0 aliphatic carbocycles. The zero-order valence-corrected chi connectivity index (χ0v) is 17.4. The van der Waals surface area contributed by atoms with E-state index in [1.165, 1.54) is 0 Å². The molecule has 0 aliphatic heterocycles. The number of nitrogens with one attached hydrogen (secondary N) is 1. The first-order chi connectivity index (χ1) is 15.7. The number of ether oxygens (including phenoxy) is 1. The number of H-pyrrole nitrogens is 1. The molecule has 32 heavy (non-hydrogen) atoms. The van der Waals surface area contributed by atoms with Crippen LogP contribution in [-0.4, -0.2) is 26.9 Å². The predicted molar refractivity (Wildman–Crippen MR) is 125 cm³/mol. The molecule has 3 aromatic carbocycles. The Kier molecular flexibility index (Phi) is 4.98. The van der Waals surface area contributed by atoms with Crippen molar-refractivity contribution in [2.75, 3.05) is 7.11 Å². The molecule has 0 saturated heterocycles. The fourth-order valence-corrected chi connectivity index (χ4v) is 3.57. The van der Waals surface area contributed by atoms with Crippen molar-refractivity contribution < 1.29 is 4.74 Å². The first kappa shape index (κ1) is 19.3. The third-order valence-corrected chi connectivity index (χ3v) is 5.19. The number of hydrogen-bond acceptors (Lipinski definition) is 4. The van der Waals surface area contributed by atoms with E-state index in [0.29, 0.717) is 11.4 Å². The van der Waals surface area contributed by atoms with Gasteiger partial charge in [0.1, 0.15) is 17.6 Å². The molecule has 1 N–H and O–H groups in total. The Hall–Kier alpha value is -4.63. The third kappa shape index (κ3) is 3.64. The van der Waals surface area contributed by atoms with Crippen molar-refractivity contribution in [2.45, 2.75) is 0 Å². The van der Waals surface area contributed by atoms with Crippen molar-refractivity contribution in [2.24, 2.45) is 0 Å². The van der Waals surface area contributed by atoms with Gasteiger partial charge < -0.3 is 9.72 Å². The minimum Gasteiger partial charge on any atom is -0.497 e. The van der Waals surface area contributed by atoms with Crippen molar-refractivity contribution in [1.82, 2.24) is 19.7 Å². The van der Waals surface area contributed by atoms with Gasteiger partial charge in [0.05, 0.1) is 35.1 Å². The number of para-hydroxylation sites is 3. The second-order valence-corrected chi connectivity index (χ2v) is 7.21. The van der Waals surface area contributed by atoms with Gasteiger partial charge in [-0.3, -0.25) is 0 Å². The van der Waals surface area contributed by atoms with E-state index in [1.807, 2.05) is 95.8 Å². The maximum absolute atomic E-state index is 9.90. The normalized spacial score (nSPS) is 11.4. The summed E-state index contributed by atoms with van der Waals surface area (Å²) in [6, 6.07) is 27.6. The number of fused-ring (bicyclic) bond motifs is 1. The van der Waals surface area contributed by atoms with Crippen molar-refractivity contribution >= 4 is 22.7 Å². The molecule has 0 unspecified atom stereocenters. The van der Waals surface area contributed by atoms with Crippen LogP contribution < -0.4 is 4.74 Å². The maximum atomic E-state index is 9.90. The number of allylic oxidation sites excluding steroid dienone is 1. The lowest BCUT2D eigenvalue weighted by Gasteiger charge is -2.03. The molecular weight excluding hydrogens is 398 g/mol. The van der Waals surface area contributed by atoms with E-state index in [4.69, 9.17) is 9.84 Å². The van der Waals surface area contributed by atoms with E-state index in [0.717, 1.165) is 39.3 Å². The van der Waals surface area contributed by atoms with Crippen molar-refractivity contribution in [3.05, 3.63) is 96.4 Å². The number of imidazole rings is 1. The van der Waals surface area contributed by atoms with Crippen LogP contribution in [0.5, 0.6) is 5.75 Å². The SMILES string of the molecule is COc1ccc(-c2nn(-c3ccccc3)cc2C=C(C#N)c2nc3ccccc3[nH]2)cc1. The van der Waals surface area contributed by atoms with Crippen LogP contribution in [0.3, 0.4) is 0 Å². The van der Waals surface area contributed by atoms with Gasteiger partial charge >= 0.3 is 0 Å². The molecule has 6 nitrogen and oxygen atoms in total. The smallest absolute Gasteiger partial charge is 0.149 e. The Balaban J connectivity index is 1.65. The summed E-state index contributed by atoms with van der Waals surface area (Å²) in [5.41, 5.74) is 5.58. The maximum Gasteiger partial charge on any atom is 0.149 e. The quantitative estimate of drug-likeness (QED) is 0.384. The van der Waals surface area contributed by atoms with Gasteiger partial charge in [-0.05, 0) is 54.6 Å². The molecule has 0 radical (unpaired) electrons. The highest BCUT2D eigenvalue weighted by Gasteiger charge is 2.14. The number of methoxy groups -OCH3 is 1. The lowest BCUT2D eigenvalue weighted by molar-refractivity contribution is 0.415. The van der Waals surface area contributed by atoms with Gasteiger partial charge in [-0.1, -0.05) is 30.3 Å². The highest BCUT2D eigenvalue weighted by atomic mass is 16.5. The molecule has 6 heteroatoms. The van der Waals surface area contributed by atoms with Crippen LogP contribution in [0.2, 0.25) is 0 Å². The lowest BCUT2D eigenvalue weighted by Crippen LogP contribution is -1.94. The number of hydrogen-bond donors (Lipinski definition) is 1. The molecule has 2 aromatic heterocycles. The third-order valence-electron chi connectivity index (χ3n) is 5.19. The summed E-state index contributed by atoms with van der Waals surface area (Å²) in [5.74, 6) is 1.30. The van der Waals surface area contributed by atoms with Gasteiger partial charge in [0.2, 0.25) is 0 Å².